The summed E-state index contributed by atoms with van der Waals surface area (Å²) >= 11 is 0. The van der Waals surface area contributed by atoms with Gasteiger partial charge in [-0.15, -0.1) is 0 Å². The predicted octanol–water partition coefficient (Wildman–Crippen LogP) is 2.15. The van der Waals surface area contributed by atoms with Gasteiger partial charge in [-0.25, -0.2) is 0 Å². The first kappa shape index (κ1) is 9.75. The maximum Gasteiger partial charge on any atom is 0.104 e. The fraction of sp³-hybridized carbons (Fsp3) is 0.800. The van der Waals surface area contributed by atoms with Gasteiger partial charge in [0.2, 0.25) is 0 Å². The van der Waals surface area contributed by atoms with Crippen LogP contribution in [0.1, 0.15) is 26.7 Å². The van der Waals surface area contributed by atoms with Crippen LogP contribution in [-0.2, 0) is 9.47 Å². The quantitative estimate of drug-likeness (QED) is 0.450. The molecule has 0 aliphatic carbocycles. The normalized spacial score (nSPS) is 24.7. The molecule has 0 bridgehead atoms. The van der Waals surface area contributed by atoms with Gasteiger partial charge in [0.15, 0.2) is 0 Å². The van der Waals surface area contributed by atoms with Crippen molar-refractivity contribution in [2.45, 2.75) is 38.9 Å². The largest absolute Gasteiger partial charge is 0.376 e. The van der Waals surface area contributed by atoms with Gasteiger partial charge < -0.3 is 9.47 Å². The predicted molar refractivity (Wildman–Crippen MR) is 49.2 cm³/mol. The van der Waals surface area contributed by atoms with Crippen LogP contribution < -0.4 is 0 Å². The van der Waals surface area contributed by atoms with Gasteiger partial charge in [0, 0.05) is 0 Å². The van der Waals surface area contributed by atoms with Gasteiger partial charge in [-0.1, -0.05) is 12.2 Å². The standard InChI is InChI=1S/C10H18O2/c1-3-4-5-6-9(2)11-7-10-8-12-10/h3-4,9-10H,5-8H2,1-2H3. The highest BCUT2D eigenvalue weighted by Crippen LogP contribution is 2.11. The first-order valence-corrected chi connectivity index (χ1v) is 4.67. The number of hydrogen-bond donors (Lipinski definition) is 0. The molecule has 0 amide bonds. The van der Waals surface area contributed by atoms with Crippen LogP contribution in [0.3, 0.4) is 0 Å². The van der Waals surface area contributed by atoms with Crippen molar-refractivity contribution in [1.82, 2.24) is 0 Å². The molecule has 1 heterocycles. The van der Waals surface area contributed by atoms with Gasteiger partial charge in [0.25, 0.3) is 0 Å². The summed E-state index contributed by atoms with van der Waals surface area (Å²) < 4.78 is 10.6. The highest BCUT2D eigenvalue weighted by atomic mass is 16.6. The molecule has 1 fully saturated rings. The van der Waals surface area contributed by atoms with Crippen molar-refractivity contribution in [3.05, 3.63) is 12.2 Å². The zero-order valence-corrected chi connectivity index (χ0v) is 7.95. The minimum absolute atomic E-state index is 0.366. The topological polar surface area (TPSA) is 21.8 Å². The SMILES string of the molecule is CC=CCCC(C)OCC1CO1. The summed E-state index contributed by atoms with van der Waals surface area (Å²) in [7, 11) is 0. The second-order valence-corrected chi connectivity index (χ2v) is 3.25. The van der Waals surface area contributed by atoms with E-state index in [9.17, 15) is 0 Å². The molecule has 0 saturated carbocycles. The van der Waals surface area contributed by atoms with E-state index in [1.807, 2.05) is 6.92 Å². The molecule has 0 aromatic carbocycles. The minimum Gasteiger partial charge on any atom is -0.376 e. The van der Waals surface area contributed by atoms with Crippen LogP contribution in [0.15, 0.2) is 12.2 Å². The zero-order chi connectivity index (χ0) is 8.81. The van der Waals surface area contributed by atoms with Crippen LogP contribution >= 0.6 is 0 Å². The van der Waals surface area contributed by atoms with Crippen molar-refractivity contribution in [2.75, 3.05) is 13.2 Å². The van der Waals surface area contributed by atoms with Crippen LogP contribution in [0, 0.1) is 0 Å². The lowest BCUT2D eigenvalue weighted by Gasteiger charge is -2.09. The van der Waals surface area contributed by atoms with E-state index in [1.54, 1.807) is 0 Å². The van der Waals surface area contributed by atoms with Crippen LogP contribution in [0.4, 0.5) is 0 Å². The average molecular weight is 170 g/mol. The minimum atomic E-state index is 0.366. The van der Waals surface area contributed by atoms with Crippen LogP contribution in [0.2, 0.25) is 0 Å². The Bertz CT molecular complexity index is 139. The fourth-order valence-corrected chi connectivity index (χ4v) is 1.02. The summed E-state index contributed by atoms with van der Waals surface area (Å²) in [4.78, 5) is 0. The van der Waals surface area contributed by atoms with Gasteiger partial charge in [-0.05, 0) is 26.7 Å². The molecule has 0 aromatic rings. The molecule has 0 N–H and O–H groups in total. The maximum atomic E-state index is 5.55. The van der Waals surface area contributed by atoms with Crippen LogP contribution in [0.5, 0.6) is 0 Å². The Labute approximate surface area is 74.6 Å². The first-order chi connectivity index (χ1) is 5.83. The van der Waals surface area contributed by atoms with E-state index in [-0.39, 0.29) is 0 Å². The number of epoxide rings is 1. The van der Waals surface area contributed by atoms with Gasteiger partial charge in [0.05, 0.1) is 19.3 Å². The Balaban J connectivity index is 1.91. The molecule has 2 atom stereocenters. The summed E-state index contributed by atoms with van der Waals surface area (Å²) in [5, 5.41) is 0. The molecule has 0 aromatic heterocycles. The van der Waals surface area contributed by atoms with E-state index < -0.39 is 0 Å². The van der Waals surface area contributed by atoms with Crippen LogP contribution in [0.25, 0.3) is 0 Å². The summed E-state index contributed by atoms with van der Waals surface area (Å²) in [5.74, 6) is 0. The highest BCUT2D eigenvalue weighted by Gasteiger charge is 2.23. The van der Waals surface area contributed by atoms with E-state index in [1.165, 1.54) is 0 Å². The molecule has 2 heteroatoms. The number of ether oxygens (including phenoxy) is 2. The first-order valence-electron chi connectivity index (χ1n) is 4.67. The lowest BCUT2D eigenvalue weighted by molar-refractivity contribution is 0.0499. The Morgan fingerprint density at radius 1 is 1.67 bits per heavy atom. The molecule has 12 heavy (non-hydrogen) atoms. The molecule has 2 unspecified atom stereocenters. The number of hydrogen-bond acceptors (Lipinski definition) is 2. The van der Waals surface area contributed by atoms with Gasteiger partial charge >= 0.3 is 0 Å². The fourth-order valence-electron chi connectivity index (χ4n) is 1.02. The second kappa shape index (κ2) is 5.33. The summed E-state index contributed by atoms with van der Waals surface area (Å²) in [6.07, 6.45) is 7.24. The molecule has 0 spiro atoms. The van der Waals surface area contributed by atoms with E-state index in [2.05, 4.69) is 19.1 Å². The zero-order valence-electron chi connectivity index (χ0n) is 7.95. The smallest absolute Gasteiger partial charge is 0.104 e. The lowest BCUT2D eigenvalue weighted by Crippen LogP contribution is -2.11. The molecule has 1 aliphatic heterocycles. The molecule has 2 nitrogen and oxygen atoms in total. The van der Waals surface area contributed by atoms with Gasteiger partial charge in [-0.2, -0.15) is 0 Å². The molecule has 1 rings (SSSR count). The third-order valence-electron chi connectivity index (χ3n) is 1.94. The Morgan fingerprint density at radius 3 is 3.00 bits per heavy atom. The van der Waals surface area contributed by atoms with E-state index in [0.717, 1.165) is 26.1 Å². The highest BCUT2D eigenvalue weighted by molar-refractivity contribution is 4.77. The summed E-state index contributed by atoms with van der Waals surface area (Å²) in [6.45, 7) is 5.83. The molecule has 1 aliphatic rings. The van der Waals surface area contributed by atoms with E-state index >= 15 is 0 Å². The summed E-state index contributed by atoms with van der Waals surface area (Å²) in [5.41, 5.74) is 0. The van der Waals surface area contributed by atoms with Crippen LogP contribution in [-0.4, -0.2) is 25.4 Å². The van der Waals surface area contributed by atoms with Gasteiger partial charge in [0.1, 0.15) is 6.10 Å². The Morgan fingerprint density at radius 2 is 2.42 bits per heavy atom. The molecule has 0 radical (unpaired) electrons. The van der Waals surface area contributed by atoms with Crippen molar-refractivity contribution in [1.29, 1.82) is 0 Å². The molecule has 1 saturated heterocycles. The molecular weight excluding hydrogens is 152 g/mol. The lowest BCUT2D eigenvalue weighted by atomic mass is 10.2. The monoisotopic (exact) mass is 170 g/mol. The Kier molecular flexibility index (Phi) is 4.33. The van der Waals surface area contributed by atoms with E-state index in [4.69, 9.17) is 9.47 Å². The van der Waals surface area contributed by atoms with Crippen molar-refractivity contribution < 1.29 is 9.47 Å². The number of allylic oxidation sites excluding steroid dienone is 2. The third kappa shape index (κ3) is 4.52. The van der Waals surface area contributed by atoms with Gasteiger partial charge in [-0.3, -0.25) is 0 Å². The van der Waals surface area contributed by atoms with E-state index in [0.29, 0.717) is 12.2 Å². The second-order valence-electron chi connectivity index (χ2n) is 3.25. The van der Waals surface area contributed by atoms with Crippen molar-refractivity contribution in [3.63, 3.8) is 0 Å². The van der Waals surface area contributed by atoms with Crippen molar-refractivity contribution in [3.8, 4) is 0 Å². The Hall–Kier alpha value is -0.340. The molecular formula is C10H18O2. The third-order valence-corrected chi connectivity index (χ3v) is 1.94. The summed E-state index contributed by atoms with van der Waals surface area (Å²) in [6, 6.07) is 0. The average Bonchev–Trinajstić information content (AvgIpc) is 2.84. The maximum absolute atomic E-state index is 5.55. The molecule has 70 valence electrons. The van der Waals surface area contributed by atoms with Crippen molar-refractivity contribution >= 4 is 0 Å². The van der Waals surface area contributed by atoms with Crippen molar-refractivity contribution in [2.24, 2.45) is 0 Å². The number of rotatable bonds is 6.